The Hall–Kier alpha value is -2.57. The molecule has 0 radical (unpaired) electrons. The Morgan fingerprint density at radius 1 is 1.37 bits per heavy atom. The molecule has 0 saturated heterocycles. The lowest BCUT2D eigenvalue weighted by Crippen LogP contribution is -2.25. The number of phenols is 2. The van der Waals surface area contributed by atoms with Crippen LogP contribution in [-0.2, 0) is 11.3 Å². The molecule has 0 bridgehead atoms. The largest absolute Gasteiger partial charge is 0.504 e. The van der Waals surface area contributed by atoms with Gasteiger partial charge in [-0.25, -0.2) is 4.79 Å². The number of carboxylic acid groups (broad SMARTS) is 1. The Bertz CT molecular complexity index is 720. The standard InChI is InChI=1S/C12H12N2O5/c1-6-10-7(2-3-8(15)11(10)18)14(12(19)13-6)5-4-9(16)17/h2-3,15,18H,4-5H2,1H3,(H,16,17). The van der Waals surface area contributed by atoms with Gasteiger partial charge in [0.15, 0.2) is 11.5 Å². The van der Waals surface area contributed by atoms with Crippen molar-refractivity contribution in [1.29, 1.82) is 0 Å². The highest BCUT2D eigenvalue weighted by Crippen LogP contribution is 2.34. The monoisotopic (exact) mass is 264 g/mol. The Kier molecular flexibility index (Phi) is 3.12. The molecular formula is C12H12N2O5. The minimum absolute atomic E-state index is 0.0534. The number of hydrogen-bond donors (Lipinski definition) is 3. The predicted molar refractivity (Wildman–Crippen MR) is 66.3 cm³/mol. The summed E-state index contributed by atoms with van der Waals surface area (Å²) < 4.78 is 1.16. The maximum atomic E-state index is 11.8. The van der Waals surface area contributed by atoms with Gasteiger partial charge in [0, 0.05) is 6.54 Å². The Labute approximate surface area is 107 Å². The van der Waals surface area contributed by atoms with E-state index in [1.165, 1.54) is 19.1 Å². The van der Waals surface area contributed by atoms with Crippen molar-refractivity contribution in [3.63, 3.8) is 0 Å². The van der Waals surface area contributed by atoms with E-state index < -0.39 is 11.7 Å². The normalized spacial score (nSPS) is 10.8. The van der Waals surface area contributed by atoms with Crippen LogP contribution in [0.5, 0.6) is 11.5 Å². The molecule has 0 unspecified atom stereocenters. The van der Waals surface area contributed by atoms with Crippen molar-refractivity contribution in [3.05, 3.63) is 28.3 Å². The van der Waals surface area contributed by atoms with Crippen LogP contribution in [0.2, 0.25) is 0 Å². The smallest absolute Gasteiger partial charge is 0.348 e. The van der Waals surface area contributed by atoms with E-state index in [0.717, 1.165) is 4.57 Å². The number of fused-ring (bicyclic) bond motifs is 1. The number of carboxylic acids is 1. The highest BCUT2D eigenvalue weighted by molar-refractivity contribution is 5.89. The van der Waals surface area contributed by atoms with Crippen LogP contribution in [0.4, 0.5) is 0 Å². The van der Waals surface area contributed by atoms with Gasteiger partial charge < -0.3 is 15.3 Å². The maximum Gasteiger partial charge on any atom is 0.348 e. The van der Waals surface area contributed by atoms with Gasteiger partial charge in [-0.3, -0.25) is 9.36 Å². The highest BCUT2D eigenvalue weighted by Gasteiger charge is 2.14. The summed E-state index contributed by atoms with van der Waals surface area (Å²) in [6.07, 6.45) is -0.235. The zero-order chi connectivity index (χ0) is 14.2. The summed E-state index contributed by atoms with van der Waals surface area (Å²) in [6.45, 7) is 1.48. The topological polar surface area (TPSA) is 113 Å². The molecule has 0 aliphatic heterocycles. The molecule has 0 amide bonds. The summed E-state index contributed by atoms with van der Waals surface area (Å²) in [5, 5.41) is 28.2. The summed E-state index contributed by atoms with van der Waals surface area (Å²) in [5.74, 6) is -1.73. The minimum Gasteiger partial charge on any atom is -0.504 e. The van der Waals surface area contributed by atoms with Crippen molar-refractivity contribution in [3.8, 4) is 11.5 Å². The predicted octanol–water partition coefficient (Wildman–Crippen LogP) is 0.591. The molecule has 0 spiro atoms. The van der Waals surface area contributed by atoms with Gasteiger partial charge in [-0.05, 0) is 19.1 Å². The lowest BCUT2D eigenvalue weighted by molar-refractivity contribution is -0.137. The fourth-order valence-corrected chi connectivity index (χ4v) is 1.94. The highest BCUT2D eigenvalue weighted by atomic mass is 16.4. The average molecular weight is 264 g/mol. The maximum absolute atomic E-state index is 11.8. The number of nitrogens with zero attached hydrogens (tertiary/aromatic N) is 2. The Morgan fingerprint density at radius 3 is 2.68 bits per heavy atom. The summed E-state index contributed by atoms with van der Waals surface area (Å²) >= 11 is 0. The van der Waals surface area contributed by atoms with E-state index in [1.807, 2.05) is 0 Å². The second-order valence-corrected chi connectivity index (χ2v) is 4.10. The average Bonchev–Trinajstić information content (AvgIpc) is 2.32. The number of aromatic nitrogens is 2. The molecule has 1 heterocycles. The molecule has 19 heavy (non-hydrogen) atoms. The summed E-state index contributed by atoms with van der Waals surface area (Å²) in [7, 11) is 0. The molecule has 0 fully saturated rings. The Morgan fingerprint density at radius 2 is 2.05 bits per heavy atom. The molecule has 0 atom stereocenters. The number of phenolic OH excluding ortho intramolecular Hbond substituents is 2. The first-order chi connectivity index (χ1) is 8.91. The van der Waals surface area contributed by atoms with Crippen molar-refractivity contribution in [2.24, 2.45) is 0 Å². The van der Waals surface area contributed by atoms with Crippen molar-refractivity contribution in [2.75, 3.05) is 0 Å². The third kappa shape index (κ3) is 2.22. The van der Waals surface area contributed by atoms with Crippen LogP contribution in [0.1, 0.15) is 12.1 Å². The van der Waals surface area contributed by atoms with Gasteiger partial charge in [0.2, 0.25) is 0 Å². The van der Waals surface area contributed by atoms with Gasteiger partial charge >= 0.3 is 11.7 Å². The van der Waals surface area contributed by atoms with E-state index in [2.05, 4.69) is 4.98 Å². The molecule has 1 aromatic heterocycles. The lowest BCUT2D eigenvalue weighted by atomic mass is 10.1. The van der Waals surface area contributed by atoms with Crippen molar-refractivity contribution < 1.29 is 20.1 Å². The van der Waals surface area contributed by atoms with Crippen molar-refractivity contribution >= 4 is 16.9 Å². The van der Waals surface area contributed by atoms with Crippen molar-refractivity contribution in [1.82, 2.24) is 9.55 Å². The van der Waals surface area contributed by atoms with E-state index in [0.29, 0.717) is 5.52 Å². The van der Waals surface area contributed by atoms with Crippen LogP contribution in [0.15, 0.2) is 16.9 Å². The van der Waals surface area contributed by atoms with Crippen LogP contribution in [0, 0.1) is 6.92 Å². The Balaban J connectivity index is 2.74. The molecule has 7 nitrogen and oxygen atoms in total. The number of hydrogen-bond acceptors (Lipinski definition) is 5. The van der Waals surface area contributed by atoms with E-state index in [1.54, 1.807) is 0 Å². The molecule has 3 N–H and O–H groups in total. The van der Waals surface area contributed by atoms with E-state index in [9.17, 15) is 19.8 Å². The molecule has 100 valence electrons. The number of aryl methyl sites for hydroxylation is 2. The van der Waals surface area contributed by atoms with Gasteiger partial charge in [0.25, 0.3) is 0 Å². The van der Waals surface area contributed by atoms with Gasteiger partial charge in [-0.15, -0.1) is 0 Å². The molecule has 2 aromatic rings. The van der Waals surface area contributed by atoms with Gasteiger partial charge in [0.05, 0.1) is 23.0 Å². The first kappa shape index (κ1) is 12.9. The summed E-state index contributed by atoms with van der Waals surface area (Å²) in [4.78, 5) is 26.1. The number of rotatable bonds is 3. The first-order valence-electron chi connectivity index (χ1n) is 5.55. The second kappa shape index (κ2) is 4.60. The molecule has 2 rings (SSSR count). The quantitative estimate of drug-likeness (QED) is 0.699. The summed E-state index contributed by atoms with van der Waals surface area (Å²) in [5.41, 5.74) is 0.0327. The fraction of sp³-hybridized carbons (Fsp3) is 0.250. The van der Waals surface area contributed by atoms with E-state index in [4.69, 9.17) is 5.11 Å². The van der Waals surface area contributed by atoms with Gasteiger partial charge in [0.1, 0.15) is 0 Å². The zero-order valence-electron chi connectivity index (χ0n) is 10.1. The first-order valence-corrected chi connectivity index (χ1v) is 5.55. The molecule has 7 heteroatoms. The van der Waals surface area contributed by atoms with Gasteiger partial charge in [-0.2, -0.15) is 4.98 Å². The second-order valence-electron chi connectivity index (χ2n) is 4.10. The third-order valence-corrected chi connectivity index (χ3v) is 2.83. The number of aromatic hydroxyl groups is 2. The molecular weight excluding hydrogens is 252 g/mol. The van der Waals surface area contributed by atoms with Gasteiger partial charge in [-0.1, -0.05) is 0 Å². The third-order valence-electron chi connectivity index (χ3n) is 2.83. The van der Waals surface area contributed by atoms with Crippen molar-refractivity contribution in [2.45, 2.75) is 19.9 Å². The lowest BCUT2D eigenvalue weighted by Gasteiger charge is -2.11. The number of carbonyl (C=O) groups is 1. The van der Waals surface area contributed by atoms with Crippen LogP contribution in [-0.4, -0.2) is 30.8 Å². The number of benzene rings is 1. The molecule has 0 saturated carbocycles. The zero-order valence-corrected chi connectivity index (χ0v) is 10.1. The number of aliphatic carboxylic acids is 1. The molecule has 0 aliphatic carbocycles. The summed E-state index contributed by atoms with van der Waals surface area (Å²) in [6, 6.07) is 2.69. The fourth-order valence-electron chi connectivity index (χ4n) is 1.94. The SMILES string of the molecule is Cc1nc(=O)n(CCC(=O)O)c2ccc(O)c(O)c12. The molecule has 0 aliphatic rings. The minimum atomic E-state index is -1.04. The van der Waals surface area contributed by atoms with Crippen LogP contribution < -0.4 is 5.69 Å². The van der Waals surface area contributed by atoms with E-state index in [-0.39, 0.29) is 35.5 Å². The van der Waals surface area contributed by atoms with Crippen LogP contribution >= 0.6 is 0 Å². The van der Waals surface area contributed by atoms with Crippen LogP contribution in [0.25, 0.3) is 10.9 Å². The van der Waals surface area contributed by atoms with Crippen LogP contribution in [0.3, 0.4) is 0 Å². The molecule has 1 aromatic carbocycles. The van der Waals surface area contributed by atoms with E-state index >= 15 is 0 Å².